The van der Waals surface area contributed by atoms with Gasteiger partial charge in [0.1, 0.15) is 10.6 Å². The number of carbonyl (C=O) groups excluding carboxylic acids is 1. The van der Waals surface area contributed by atoms with E-state index in [0.29, 0.717) is 16.5 Å². The third-order valence-electron chi connectivity index (χ3n) is 3.64. The largest absolute Gasteiger partial charge is 0.360 e. The van der Waals surface area contributed by atoms with E-state index in [0.717, 1.165) is 21.6 Å². The van der Waals surface area contributed by atoms with Crippen molar-refractivity contribution in [3.8, 4) is 5.69 Å². The third-order valence-corrected chi connectivity index (χ3v) is 4.75. The van der Waals surface area contributed by atoms with Gasteiger partial charge in [0.05, 0.1) is 16.3 Å². The van der Waals surface area contributed by atoms with Gasteiger partial charge in [-0.3, -0.25) is 4.79 Å². The lowest BCUT2D eigenvalue weighted by Gasteiger charge is -2.01. The van der Waals surface area contributed by atoms with Gasteiger partial charge in [0.25, 0.3) is 5.91 Å². The van der Waals surface area contributed by atoms with Crippen LogP contribution in [0, 0.1) is 13.8 Å². The zero-order valence-corrected chi connectivity index (χ0v) is 13.9. The molecule has 0 spiro atoms. The second-order valence-corrected chi connectivity index (χ2v) is 6.47. The van der Waals surface area contributed by atoms with Crippen LogP contribution < -0.4 is 5.32 Å². The van der Waals surface area contributed by atoms with Crippen LogP contribution in [-0.2, 0) is 0 Å². The first-order chi connectivity index (χ1) is 11.6. The molecule has 0 saturated carbocycles. The van der Waals surface area contributed by atoms with E-state index in [1.807, 2.05) is 48.0 Å². The van der Waals surface area contributed by atoms with Crippen LogP contribution in [0.15, 0.2) is 47.0 Å². The van der Waals surface area contributed by atoms with Gasteiger partial charge in [-0.2, -0.15) is 5.10 Å². The zero-order valence-electron chi connectivity index (χ0n) is 13.1. The molecule has 0 unspecified atom stereocenters. The maximum absolute atomic E-state index is 12.4. The number of amides is 1. The highest BCUT2D eigenvalue weighted by atomic mass is 32.1. The molecule has 0 radical (unpaired) electrons. The molecule has 1 N–H and O–H groups in total. The molecule has 120 valence electrons. The molecule has 0 atom stereocenters. The lowest BCUT2D eigenvalue weighted by Crippen LogP contribution is -2.10. The van der Waals surface area contributed by atoms with Crippen LogP contribution >= 0.6 is 11.3 Å². The molecule has 1 aromatic carbocycles. The van der Waals surface area contributed by atoms with Gasteiger partial charge in [-0.05, 0) is 32.0 Å². The van der Waals surface area contributed by atoms with Crippen LogP contribution in [-0.4, -0.2) is 20.8 Å². The average Bonchev–Trinajstić information content (AvgIpc) is 3.26. The number of rotatable bonds is 3. The molecule has 3 aromatic heterocycles. The van der Waals surface area contributed by atoms with Crippen LogP contribution in [0.5, 0.6) is 0 Å². The molecule has 0 aliphatic rings. The fourth-order valence-corrected chi connectivity index (χ4v) is 3.58. The Labute approximate surface area is 141 Å². The molecule has 0 aliphatic carbocycles. The number of aryl methyl sites for hydroxylation is 2. The van der Waals surface area contributed by atoms with E-state index in [2.05, 4.69) is 15.6 Å². The van der Waals surface area contributed by atoms with Crippen molar-refractivity contribution in [1.29, 1.82) is 0 Å². The smallest absolute Gasteiger partial charge is 0.267 e. The summed E-state index contributed by atoms with van der Waals surface area (Å²) in [5, 5.41) is 12.1. The number of carbonyl (C=O) groups is 1. The van der Waals surface area contributed by atoms with Crippen LogP contribution in [0.4, 0.5) is 5.82 Å². The minimum absolute atomic E-state index is 0.205. The van der Waals surface area contributed by atoms with E-state index in [1.54, 1.807) is 13.0 Å². The van der Waals surface area contributed by atoms with Gasteiger partial charge in [0, 0.05) is 11.5 Å². The van der Waals surface area contributed by atoms with Gasteiger partial charge < -0.3 is 9.84 Å². The highest BCUT2D eigenvalue weighted by Gasteiger charge is 2.18. The summed E-state index contributed by atoms with van der Waals surface area (Å²) in [6, 6.07) is 13.4. The number of hydrogen-bond donors (Lipinski definition) is 1. The number of nitrogens with one attached hydrogen (secondary N) is 1. The number of aromatic nitrogens is 3. The summed E-state index contributed by atoms with van der Waals surface area (Å²) >= 11 is 1.40. The monoisotopic (exact) mass is 338 g/mol. The van der Waals surface area contributed by atoms with E-state index in [9.17, 15) is 4.79 Å². The van der Waals surface area contributed by atoms with Crippen molar-refractivity contribution in [2.45, 2.75) is 13.8 Å². The Balaban J connectivity index is 1.72. The predicted octanol–water partition coefficient (Wildman–Crippen LogP) is 3.94. The van der Waals surface area contributed by atoms with Crippen LogP contribution in [0.2, 0.25) is 0 Å². The third kappa shape index (κ3) is 2.48. The predicted molar refractivity (Wildman–Crippen MR) is 92.9 cm³/mol. The average molecular weight is 338 g/mol. The number of nitrogens with zero attached hydrogens (tertiary/aromatic N) is 3. The maximum atomic E-state index is 12.4. The summed E-state index contributed by atoms with van der Waals surface area (Å²) in [6.45, 7) is 3.72. The lowest BCUT2D eigenvalue weighted by atomic mass is 10.3. The molecule has 4 aromatic rings. The molecule has 0 aliphatic heterocycles. The SMILES string of the molecule is Cc1cc(NC(=O)c2cc3c(C)nn(-c4ccccc4)c3s2)no1. The van der Waals surface area contributed by atoms with Gasteiger partial charge in [0.2, 0.25) is 0 Å². The molecule has 0 bridgehead atoms. The molecule has 1 amide bonds. The summed E-state index contributed by atoms with van der Waals surface area (Å²) in [4.78, 5) is 14.0. The van der Waals surface area contributed by atoms with Crippen molar-refractivity contribution in [1.82, 2.24) is 14.9 Å². The van der Waals surface area contributed by atoms with Gasteiger partial charge in [0.15, 0.2) is 5.82 Å². The van der Waals surface area contributed by atoms with Crippen molar-refractivity contribution in [3.05, 3.63) is 58.8 Å². The number of fused-ring (bicyclic) bond motifs is 1. The first-order valence-electron chi connectivity index (χ1n) is 7.41. The summed E-state index contributed by atoms with van der Waals surface area (Å²) in [7, 11) is 0. The molecule has 24 heavy (non-hydrogen) atoms. The fourth-order valence-electron chi connectivity index (χ4n) is 2.51. The standard InChI is InChI=1S/C17H14N4O2S/c1-10-8-15(20-23-10)18-16(22)14-9-13-11(2)19-21(17(13)24-14)12-6-4-3-5-7-12/h3-9H,1-2H3,(H,18,20,22). The minimum atomic E-state index is -0.205. The number of para-hydroxylation sites is 1. The van der Waals surface area contributed by atoms with Crippen LogP contribution in [0.1, 0.15) is 21.1 Å². The first kappa shape index (κ1) is 14.6. The Kier molecular flexibility index (Phi) is 3.42. The molecule has 6 nitrogen and oxygen atoms in total. The van der Waals surface area contributed by atoms with E-state index in [-0.39, 0.29) is 5.91 Å². The highest BCUT2D eigenvalue weighted by molar-refractivity contribution is 7.20. The number of anilines is 1. The first-order valence-corrected chi connectivity index (χ1v) is 8.23. The Morgan fingerprint density at radius 2 is 2.00 bits per heavy atom. The van der Waals surface area contributed by atoms with E-state index < -0.39 is 0 Å². The Hall–Kier alpha value is -2.93. The maximum Gasteiger partial charge on any atom is 0.267 e. The molecule has 7 heteroatoms. The Morgan fingerprint density at radius 1 is 1.21 bits per heavy atom. The minimum Gasteiger partial charge on any atom is -0.360 e. The Morgan fingerprint density at radius 3 is 2.71 bits per heavy atom. The second-order valence-electron chi connectivity index (χ2n) is 5.44. The van der Waals surface area contributed by atoms with Crippen molar-refractivity contribution in [2.75, 3.05) is 5.32 Å². The molecular weight excluding hydrogens is 324 g/mol. The normalized spacial score (nSPS) is 11.1. The second kappa shape index (κ2) is 5.61. The quantitative estimate of drug-likeness (QED) is 0.614. The molecule has 0 saturated heterocycles. The number of thiophene rings is 1. The fraction of sp³-hybridized carbons (Fsp3) is 0.118. The summed E-state index contributed by atoms with van der Waals surface area (Å²) < 4.78 is 6.83. The van der Waals surface area contributed by atoms with E-state index in [4.69, 9.17) is 4.52 Å². The topological polar surface area (TPSA) is 73.0 Å². The van der Waals surface area contributed by atoms with Crippen molar-refractivity contribution >= 4 is 33.3 Å². The van der Waals surface area contributed by atoms with E-state index in [1.165, 1.54) is 11.3 Å². The van der Waals surface area contributed by atoms with Crippen molar-refractivity contribution in [2.24, 2.45) is 0 Å². The van der Waals surface area contributed by atoms with Gasteiger partial charge in [-0.1, -0.05) is 23.4 Å². The number of benzene rings is 1. The van der Waals surface area contributed by atoms with Crippen molar-refractivity contribution < 1.29 is 9.32 Å². The van der Waals surface area contributed by atoms with Crippen molar-refractivity contribution in [3.63, 3.8) is 0 Å². The van der Waals surface area contributed by atoms with Gasteiger partial charge in [-0.25, -0.2) is 4.68 Å². The summed E-state index contributed by atoms with van der Waals surface area (Å²) in [6.07, 6.45) is 0. The summed E-state index contributed by atoms with van der Waals surface area (Å²) in [5.41, 5.74) is 1.86. The van der Waals surface area contributed by atoms with Gasteiger partial charge >= 0.3 is 0 Å². The molecule has 4 rings (SSSR count). The molecule has 3 heterocycles. The van der Waals surface area contributed by atoms with Crippen LogP contribution in [0.25, 0.3) is 15.9 Å². The molecule has 0 fully saturated rings. The van der Waals surface area contributed by atoms with Gasteiger partial charge in [-0.15, -0.1) is 11.3 Å². The lowest BCUT2D eigenvalue weighted by molar-refractivity contribution is 0.102. The highest BCUT2D eigenvalue weighted by Crippen LogP contribution is 2.30. The van der Waals surface area contributed by atoms with E-state index >= 15 is 0 Å². The Bertz CT molecular complexity index is 1030. The summed E-state index contributed by atoms with van der Waals surface area (Å²) in [5.74, 6) is 0.858. The number of hydrogen-bond acceptors (Lipinski definition) is 5. The van der Waals surface area contributed by atoms with Crippen LogP contribution in [0.3, 0.4) is 0 Å². The zero-order chi connectivity index (χ0) is 16.7. The molecular formula is C17H14N4O2S.